The Morgan fingerprint density at radius 1 is 0.256 bits per heavy atom. The molecule has 0 aliphatic carbocycles. The fourth-order valence-corrected chi connectivity index (χ4v) is 10.3. The molecular formula is C72H132O6. The summed E-state index contributed by atoms with van der Waals surface area (Å²) < 4.78 is 17.0. The minimum atomic E-state index is -0.777. The molecule has 6 heteroatoms. The zero-order valence-corrected chi connectivity index (χ0v) is 52.5. The molecule has 456 valence electrons. The Morgan fingerprint density at radius 2 is 0.462 bits per heavy atom. The van der Waals surface area contributed by atoms with Crippen molar-refractivity contribution in [2.75, 3.05) is 13.2 Å². The van der Waals surface area contributed by atoms with Crippen LogP contribution in [0.1, 0.15) is 374 Å². The zero-order chi connectivity index (χ0) is 56.4. The second-order valence-corrected chi connectivity index (χ2v) is 23.4. The number of carbonyl (C=O) groups excluding carboxylic acids is 3. The molecule has 0 heterocycles. The third-order valence-electron chi connectivity index (χ3n) is 15.6. The van der Waals surface area contributed by atoms with Crippen molar-refractivity contribution in [1.82, 2.24) is 0 Å². The van der Waals surface area contributed by atoms with Crippen LogP contribution in [0, 0.1) is 0 Å². The lowest BCUT2D eigenvalue weighted by Gasteiger charge is -2.18. The number of unbranched alkanes of at least 4 members (excludes halogenated alkanes) is 45. The van der Waals surface area contributed by atoms with Gasteiger partial charge in [-0.1, -0.05) is 320 Å². The van der Waals surface area contributed by atoms with Crippen LogP contribution in [0.3, 0.4) is 0 Å². The minimum Gasteiger partial charge on any atom is -0.462 e. The van der Waals surface area contributed by atoms with Gasteiger partial charge in [0.15, 0.2) is 6.10 Å². The van der Waals surface area contributed by atoms with Crippen LogP contribution in [0.15, 0.2) is 48.6 Å². The molecule has 0 spiro atoms. The largest absolute Gasteiger partial charge is 0.462 e. The van der Waals surface area contributed by atoms with E-state index < -0.39 is 6.10 Å². The van der Waals surface area contributed by atoms with Crippen LogP contribution in [0.5, 0.6) is 0 Å². The molecule has 6 nitrogen and oxygen atoms in total. The standard InChI is InChI=1S/C72H132O6/c1-4-7-10-13-16-19-22-25-27-29-31-33-35-36-38-39-41-43-45-47-50-53-56-59-62-65-71(74)77-68-69(67-76-70(73)64-61-58-55-52-49-24-21-18-15-12-9-6-3)78-72(75)66-63-60-57-54-51-48-46-44-42-40-37-34-32-30-28-26-23-20-17-14-11-8-5-2/h18,21-22,25,29,31,35-36,69H,4-17,19-20,23-24,26-28,30,32-34,37-68H2,1-3H3/b21-18-,25-22-,31-29-,36-35-. The van der Waals surface area contributed by atoms with Gasteiger partial charge in [-0.2, -0.15) is 0 Å². The summed E-state index contributed by atoms with van der Waals surface area (Å²) in [4.78, 5) is 38.4. The summed E-state index contributed by atoms with van der Waals surface area (Å²) in [6.07, 6.45) is 84.2. The smallest absolute Gasteiger partial charge is 0.306 e. The zero-order valence-electron chi connectivity index (χ0n) is 52.5. The second kappa shape index (κ2) is 66.9. The van der Waals surface area contributed by atoms with Crippen molar-refractivity contribution >= 4 is 17.9 Å². The van der Waals surface area contributed by atoms with Gasteiger partial charge in [-0.15, -0.1) is 0 Å². The van der Waals surface area contributed by atoms with E-state index in [1.165, 1.54) is 257 Å². The molecule has 0 aliphatic heterocycles. The predicted octanol–water partition coefficient (Wildman–Crippen LogP) is 23.7. The molecular weight excluding hydrogens is 961 g/mol. The van der Waals surface area contributed by atoms with E-state index in [-0.39, 0.29) is 31.1 Å². The molecule has 1 atom stereocenters. The van der Waals surface area contributed by atoms with Gasteiger partial charge < -0.3 is 14.2 Å². The maximum Gasteiger partial charge on any atom is 0.306 e. The summed E-state index contributed by atoms with van der Waals surface area (Å²) in [5.74, 6) is -0.863. The van der Waals surface area contributed by atoms with E-state index in [2.05, 4.69) is 69.4 Å². The first-order valence-corrected chi connectivity index (χ1v) is 34.6. The number of esters is 3. The van der Waals surface area contributed by atoms with E-state index in [0.717, 1.165) is 77.0 Å². The van der Waals surface area contributed by atoms with Gasteiger partial charge in [0.25, 0.3) is 0 Å². The molecule has 0 radical (unpaired) electrons. The summed E-state index contributed by atoms with van der Waals surface area (Å²) in [5.41, 5.74) is 0. The highest BCUT2D eigenvalue weighted by Gasteiger charge is 2.19. The second-order valence-electron chi connectivity index (χ2n) is 23.4. The van der Waals surface area contributed by atoms with Gasteiger partial charge in [-0.3, -0.25) is 14.4 Å². The van der Waals surface area contributed by atoms with E-state index in [1.54, 1.807) is 0 Å². The summed E-state index contributed by atoms with van der Waals surface area (Å²) in [6, 6.07) is 0. The third-order valence-corrected chi connectivity index (χ3v) is 15.6. The SMILES string of the molecule is CCCCC/C=C\CCCCCCCC(=O)OCC(COC(=O)CCCCCCCCCCCC/C=C\C/C=C\C/C=C\CCCCCCC)OC(=O)CCCCCCCCCCCCCCCCCCCCCCCCC. The Labute approximate surface area is 486 Å². The molecule has 0 saturated carbocycles. The van der Waals surface area contributed by atoms with Crippen molar-refractivity contribution < 1.29 is 28.6 Å². The van der Waals surface area contributed by atoms with E-state index in [9.17, 15) is 14.4 Å². The quantitative estimate of drug-likeness (QED) is 0.0261. The number of ether oxygens (including phenoxy) is 3. The molecule has 0 aromatic rings. The fourth-order valence-electron chi connectivity index (χ4n) is 10.3. The van der Waals surface area contributed by atoms with Gasteiger partial charge in [0.05, 0.1) is 0 Å². The number of allylic oxidation sites excluding steroid dienone is 8. The van der Waals surface area contributed by atoms with Crippen molar-refractivity contribution in [3.05, 3.63) is 48.6 Å². The minimum absolute atomic E-state index is 0.0740. The predicted molar refractivity (Wildman–Crippen MR) is 339 cm³/mol. The molecule has 0 aliphatic rings. The van der Waals surface area contributed by atoms with Gasteiger partial charge in [-0.25, -0.2) is 0 Å². The molecule has 0 saturated heterocycles. The Hall–Kier alpha value is -2.63. The van der Waals surface area contributed by atoms with Crippen molar-refractivity contribution in [2.45, 2.75) is 380 Å². The summed E-state index contributed by atoms with van der Waals surface area (Å²) in [7, 11) is 0. The first-order valence-electron chi connectivity index (χ1n) is 34.6. The van der Waals surface area contributed by atoms with Gasteiger partial charge in [-0.05, 0) is 83.5 Å². The first-order chi connectivity index (χ1) is 38.5. The number of rotatable bonds is 64. The van der Waals surface area contributed by atoms with Gasteiger partial charge >= 0.3 is 17.9 Å². The molecule has 0 aromatic heterocycles. The van der Waals surface area contributed by atoms with Crippen LogP contribution < -0.4 is 0 Å². The summed E-state index contributed by atoms with van der Waals surface area (Å²) in [6.45, 7) is 6.66. The highest BCUT2D eigenvalue weighted by atomic mass is 16.6. The van der Waals surface area contributed by atoms with E-state index in [0.29, 0.717) is 19.3 Å². The normalized spacial score (nSPS) is 12.3. The average Bonchev–Trinajstić information content (AvgIpc) is 3.44. The fraction of sp³-hybridized carbons (Fsp3) is 0.847. The van der Waals surface area contributed by atoms with Crippen molar-refractivity contribution in [3.8, 4) is 0 Å². The molecule has 1 unspecified atom stereocenters. The van der Waals surface area contributed by atoms with Crippen molar-refractivity contribution in [1.29, 1.82) is 0 Å². The van der Waals surface area contributed by atoms with Crippen LogP contribution >= 0.6 is 0 Å². The van der Waals surface area contributed by atoms with Crippen LogP contribution in [0.2, 0.25) is 0 Å². The number of hydrogen-bond donors (Lipinski definition) is 0. The van der Waals surface area contributed by atoms with Gasteiger partial charge in [0.2, 0.25) is 0 Å². The van der Waals surface area contributed by atoms with Crippen LogP contribution in [0.25, 0.3) is 0 Å². The molecule has 0 amide bonds. The molecule has 0 rings (SSSR count). The highest BCUT2D eigenvalue weighted by Crippen LogP contribution is 2.18. The molecule has 78 heavy (non-hydrogen) atoms. The molecule has 0 N–H and O–H groups in total. The van der Waals surface area contributed by atoms with Crippen molar-refractivity contribution in [3.63, 3.8) is 0 Å². The van der Waals surface area contributed by atoms with E-state index in [1.807, 2.05) is 0 Å². The Balaban J connectivity index is 4.24. The van der Waals surface area contributed by atoms with E-state index >= 15 is 0 Å². The van der Waals surface area contributed by atoms with Crippen LogP contribution in [-0.2, 0) is 28.6 Å². The molecule has 0 aromatic carbocycles. The maximum atomic E-state index is 12.9. The first kappa shape index (κ1) is 75.4. The lowest BCUT2D eigenvalue weighted by Crippen LogP contribution is -2.30. The van der Waals surface area contributed by atoms with Gasteiger partial charge in [0.1, 0.15) is 13.2 Å². The Bertz CT molecular complexity index is 1350. The van der Waals surface area contributed by atoms with Crippen LogP contribution in [0.4, 0.5) is 0 Å². The van der Waals surface area contributed by atoms with Crippen LogP contribution in [-0.4, -0.2) is 37.2 Å². The topological polar surface area (TPSA) is 78.9 Å². The lowest BCUT2D eigenvalue weighted by molar-refractivity contribution is -0.167. The lowest BCUT2D eigenvalue weighted by atomic mass is 10.0. The maximum absolute atomic E-state index is 12.9. The monoisotopic (exact) mass is 1090 g/mol. The Kier molecular flexibility index (Phi) is 64.6. The van der Waals surface area contributed by atoms with Gasteiger partial charge in [0, 0.05) is 19.3 Å². The Morgan fingerprint density at radius 3 is 0.756 bits per heavy atom. The number of hydrogen-bond acceptors (Lipinski definition) is 6. The molecule has 0 fully saturated rings. The highest BCUT2D eigenvalue weighted by molar-refractivity contribution is 5.71. The average molecular weight is 1090 g/mol. The number of carbonyl (C=O) groups is 3. The van der Waals surface area contributed by atoms with Crippen molar-refractivity contribution in [2.24, 2.45) is 0 Å². The van der Waals surface area contributed by atoms with E-state index in [4.69, 9.17) is 14.2 Å². The third kappa shape index (κ3) is 64.2. The molecule has 0 bridgehead atoms. The summed E-state index contributed by atoms with van der Waals surface area (Å²) in [5, 5.41) is 0. The summed E-state index contributed by atoms with van der Waals surface area (Å²) >= 11 is 0.